The Kier molecular flexibility index (Phi) is 8.35. The molecule has 3 aromatic carbocycles. The zero-order chi connectivity index (χ0) is 22.4. The molecule has 3 rings (SSSR count). The zero-order valence-electron chi connectivity index (χ0n) is 16.5. The molecule has 0 spiro atoms. The van der Waals surface area contributed by atoms with Gasteiger partial charge >= 0.3 is 0 Å². The lowest BCUT2D eigenvalue weighted by molar-refractivity contribution is -0.112. The summed E-state index contributed by atoms with van der Waals surface area (Å²) >= 11 is 10.5. The van der Waals surface area contributed by atoms with E-state index in [0.29, 0.717) is 17.3 Å². The van der Waals surface area contributed by atoms with Crippen LogP contribution in [0.4, 0.5) is 5.69 Å². The van der Waals surface area contributed by atoms with Gasteiger partial charge in [0.05, 0.1) is 3.57 Å². The van der Waals surface area contributed by atoms with Gasteiger partial charge in [-0.2, -0.15) is 5.26 Å². The molecule has 0 radical (unpaired) electrons. The molecule has 7 heteroatoms. The van der Waals surface area contributed by atoms with Crippen LogP contribution in [0.1, 0.15) is 16.7 Å². The van der Waals surface area contributed by atoms with Crippen LogP contribution in [0, 0.1) is 25.4 Å². The van der Waals surface area contributed by atoms with E-state index in [4.69, 9.17) is 16.3 Å². The highest BCUT2D eigenvalue weighted by atomic mass is 127. The van der Waals surface area contributed by atoms with Crippen LogP contribution in [0.3, 0.4) is 0 Å². The second kappa shape index (κ2) is 11.0. The Morgan fingerprint density at radius 1 is 1.13 bits per heavy atom. The number of nitrogens with one attached hydrogen (secondary N) is 1. The van der Waals surface area contributed by atoms with Crippen molar-refractivity contribution in [2.24, 2.45) is 0 Å². The molecule has 0 saturated carbocycles. The van der Waals surface area contributed by atoms with Crippen molar-refractivity contribution in [1.82, 2.24) is 0 Å². The summed E-state index contributed by atoms with van der Waals surface area (Å²) < 4.78 is 7.97. The largest absolute Gasteiger partial charge is 0.488 e. The number of rotatable bonds is 6. The summed E-state index contributed by atoms with van der Waals surface area (Å²) in [6.07, 6.45) is 1.55. The van der Waals surface area contributed by atoms with Crippen LogP contribution in [-0.4, -0.2) is 5.91 Å². The van der Waals surface area contributed by atoms with Gasteiger partial charge in [-0.3, -0.25) is 4.79 Å². The van der Waals surface area contributed by atoms with Crippen LogP contribution in [0.2, 0.25) is 5.02 Å². The van der Waals surface area contributed by atoms with Gasteiger partial charge in [0.25, 0.3) is 5.91 Å². The van der Waals surface area contributed by atoms with E-state index < -0.39 is 5.91 Å². The summed E-state index contributed by atoms with van der Waals surface area (Å²) in [6, 6.07) is 20.9. The van der Waals surface area contributed by atoms with Crippen molar-refractivity contribution >= 4 is 74.5 Å². The number of anilines is 1. The number of aryl methyl sites for hydroxylation is 1. The van der Waals surface area contributed by atoms with Crippen molar-refractivity contribution in [3.63, 3.8) is 0 Å². The van der Waals surface area contributed by atoms with Crippen LogP contribution in [0.25, 0.3) is 6.08 Å². The summed E-state index contributed by atoms with van der Waals surface area (Å²) in [6.45, 7) is 2.34. The van der Waals surface area contributed by atoms with Crippen molar-refractivity contribution in [2.75, 3.05) is 5.32 Å². The first-order valence-electron chi connectivity index (χ1n) is 9.22. The highest BCUT2D eigenvalue weighted by Crippen LogP contribution is 2.25. The summed E-state index contributed by atoms with van der Waals surface area (Å²) in [4.78, 5) is 12.5. The molecule has 0 atom stereocenters. The van der Waals surface area contributed by atoms with Gasteiger partial charge in [-0.05, 0) is 111 Å². The number of amides is 1. The van der Waals surface area contributed by atoms with Crippen LogP contribution in [0.15, 0.2) is 66.2 Å². The van der Waals surface area contributed by atoms with Crippen LogP contribution in [-0.2, 0) is 11.4 Å². The first-order chi connectivity index (χ1) is 14.9. The first-order valence-corrected chi connectivity index (χ1v) is 11.8. The van der Waals surface area contributed by atoms with Gasteiger partial charge < -0.3 is 10.1 Å². The Hall–Kier alpha value is -2.09. The Labute approximate surface area is 213 Å². The van der Waals surface area contributed by atoms with Crippen molar-refractivity contribution < 1.29 is 9.53 Å². The number of benzene rings is 3. The van der Waals surface area contributed by atoms with Crippen molar-refractivity contribution in [1.29, 1.82) is 5.26 Å². The lowest BCUT2D eigenvalue weighted by Crippen LogP contribution is -2.13. The fraction of sp³-hybridized carbons (Fsp3) is 0.0833. The van der Waals surface area contributed by atoms with Gasteiger partial charge in [-0.1, -0.05) is 35.9 Å². The molecule has 1 N–H and O–H groups in total. The summed E-state index contributed by atoms with van der Waals surface area (Å²) in [7, 11) is 0. The zero-order valence-corrected chi connectivity index (χ0v) is 21.5. The monoisotopic (exact) mass is 654 g/mol. The van der Waals surface area contributed by atoms with E-state index in [0.717, 1.165) is 26.0 Å². The maximum absolute atomic E-state index is 12.5. The molecule has 0 saturated heterocycles. The molecule has 0 heterocycles. The van der Waals surface area contributed by atoms with Crippen molar-refractivity contribution in [3.8, 4) is 11.8 Å². The van der Waals surface area contributed by atoms with Crippen LogP contribution >= 0.6 is 56.8 Å². The normalized spacial score (nSPS) is 11.0. The molecule has 1 amide bonds. The Bertz CT molecular complexity index is 1190. The predicted molar refractivity (Wildman–Crippen MR) is 141 cm³/mol. The standard InChI is InChI=1S/C24H17ClI2N2O2/c1-15-2-8-20(12-21(15)25)29-24(30)18(13-28)10-17-5-9-23(22(27)11-17)31-14-16-3-6-19(26)7-4-16/h2-12H,14H2,1H3,(H,29,30)/b18-10-. The third-order valence-corrected chi connectivity index (χ3v) is 6.34. The van der Waals surface area contributed by atoms with Gasteiger partial charge in [0, 0.05) is 14.3 Å². The molecular formula is C24H17ClI2N2O2. The van der Waals surface area contributed by atoms with Gasteiger partial charge in [-0.15, -0.1) is 0 Å². The predicted octanol–water partition coefficient (Wildman–Crippen LogP) is 6.98. The molecule has 0 aliphatic carbocycles. The van der Waals surface area contributed by atoms with E-state index in [9.17, 15) is 10.1 Å². The summed E-state index contributed by atoms with van der Waals surface area (Å²) in [5.41, 5.74) is 3.27. The second-order valence-electron chi connectivity index (χ2n) is 6.69. The number of halogens is 3. The highest BCUT2D eigenvalue weighted by molar-refractivity contribution is 14.1. The quantitative estimate of drug-likeness (QED) is 0.177. The third kappa shape index (κ3) is 6.69. The highest BCUT2D eigenvalue weighted by Gasteiger charge is 2.11. The van der Waals surface area contributed by atoms with Gasteiger partial charge in [-0.25, -0.2) is 0 Å². The summed E-state index contributed by atoms with van der Waals surface area (Å²) in [5, 5.41) is 12.7. The smallest absolute Gasteiger partial charge is 0.266 e. The minimum absolute atomic E-state index is 0.0000503. The maximum Gasteiger partial charge on any atom is 0.266 e. The second-order valence-corrected chi connectivity index (χ2v) is 9.51. The SMILES string of the molecule is Cc1ccc(NC(=O)/C(C#N)=C\c2ccc(OCc3ccc(I)cc3)c(I)c2)cc1Cl. The van der Waals surface area contributed by atoms with E-state index in [1.807, 2.05) is 61.5 Å². The lowest BCUT2D eigenvalue weighted by atomic mass is 10.1. The molecule has 0 aliphatic rings. The molecule has 3 aromatic rings. The molecule has 0 aromatic heterocycles. The average molecular weight is 655 g/mol. The number of ether oxygens (including phenoxy) is 1. The minimum atomic E-state index is -0.489. The average Bonchev–Trinajstić information content (AvgIpc) is 2.75. The fourth-order valence-electron chi connectivity index (χ4n) is 2.65. The maximum atomic E-state index is 12.5. The Morgan fingerprint density at radius 3 is 2.52 bits per heavy atom. The molecule has 0 aliphatic heterocycles. The van der Waals surface area contributed by atoms with E-state index in [2.05, 4.69) is 50.5 Å². The number of nitriles is 1. The molecule has 0 unspecified atom stereocenters. The lowest BCUT2D eigenvalue weighted by Gasteiger charge is -2.10. The number of hydrogen-bond donors (Lipinski definition) is 1. The number of nitrogens with zero attached hydrogens (tertiary/aromatic N) is 1. The van der Waals surface area contributed by atoms with Crippen molar-refractivity contribution in [3.05, 3.63) is 95.1 Å². The molecule has 0 bridgehead atoms. The summed E-state index contributed by atoms with van der Waals surface area (Å²) in [5.74, 6) is 0.255. The first kappa shape index (κ1) is 23.6. The topological polar surface area (TPSA) is 62.1 Å². The van der Waals surface area contributed by atoms with Crippen LogP contribution in [0.5, 0.6) is 5.75 Å². The number of carbonyl (C=O) groups is 1. The third-order valence-electron chi connectivity index (χ3n) is 4.37. The molecule has 31 heavy (non-hydrogen) atoms. The van der Waals surface area contributed by atoms with Crippen LogP contribution < -0.4 is 10.1 Å². The number of hydrogen-bond acceptors (Lipinski definition) is 3. The van der Waals surface area contributed by atoms with E-state index in [1.165, 1.54) is 3.57 Å². The molecular weight excluding hydrogens is 638 g/mol. The number of carbonyl (C=O) groups excluding carboxylic acids is 1. The fourth-order valence-corrected chi connectivity index (χ4v) is 3.89. The van der Waals surface area contributed by atoms with Gasteiger partial charge in [0.15, 0.2) is 0 Å². The van der Waals surface area contributed by atoms with Crippen molar-refractivity contribution in [2.45, 2.75) is 13.5 Å². The Balaban J connectivity index is 1.70. The van der Waals surface area contributed by atoms with E-state index in [1.54, 1.807) is 18.2 Å². The van der Waals surface area contributed by atoms with E-state index in [-0.39, 0.29) is 5.57 Å². The molecule has 4 nitrogen and oxygen atoms in total. The van der Waals surface area contributed by atoms with E-state index >= 15 is 0 Å². The van der Waals surface area contributed by atoms with Gasteiger partial charge in [0.2, 0.25) is 0 Å². The Morgan fingerprint density at radius 2 is 1.87 bits per heavy atom. The van der Waals surface area contributed by atoms with Gasteiger partial charge in [0.1, 0.15) is 24.0 Å². The molecule has 156 valence electrons. The molecule has 0 fully saturated rings. The minimum Gasteiger partial charge on any atom is -0.488 e.